The summed E-state index contributed by atoms with van der Waals surface area (Å²) in [5.74, 6) is 2.40. The van der Waals surface area contributed by atoms with Crippen LogP contribution in [0, 0.1) is 0 Å². The SMILES string of the molecule is O=C(O)CCCCC(CCSCc1ccc(/C=C/c2ccccc2)cc1)SCc1ccc(/C=C/c2ccccc2)cc1. The van der Waals surface area contributed by atoms with Gasteiger partial charge in [0.1, 0.15) is 0 Å². The van der Waals surface area contributed by atoms with E-state index in [0.29, 0.717) is 5.25 Å². The number of benzene rings is 4. The van der Waals surface area contributed by atoms with E-state index in [2.05, 4.69) is 121 Å². The van der Waals surface area contributed by atoms with Crippen molar-refractivity contribution in [3.8, 4) is 0 Å². The van der Waals surface area contributed by atoms with Gasteiger partial charge in [-0.15, -0.1) is 0 Å². The third kappa shape index (κ3) is 12.2. The first-order valence-corrected chi connectivity index (χ1v) is 16.9. The zero-order chi connectivity index (χ0) is 29.2. The Morgan fingerprint density at radius 2 is 1.07 bits per heavy atom. The quantitative estimate of drug-likeness (QED) is 0.0977. The standard InChI is InChI=1S/C38H40O2S2/c39-38(40)14-8-7-13-37(42-30-36-25-21-34(22-26-36)18-16-32-11-5-2-6-12-32)27-28-41-29-35-23-19-33(20-24-35)17-15-31-9-3-1-4-10-31/h1-6,9-12,15-26,37H,7-8,13-14,27-30H2,(H,39,40)/b17-15+,18-16+. The molecule has 0 aliphatic heterocycles. The minimum absolute atomic E-state index is 0.265. The maximum Gasteiger partial charge on any atom is 0.303 e. The van der Waals surface area contributed by atoms with Gasteiger partial charge in [0.25, 0.3) is 0 Å². The summed E-state index contributed by atoms with van der Waals surface area (Å²) in [6, 6.07) is 38.4. The van der Waals surface area contributed by atoms with Gasteiger partial charge in [0.15, 0.2) is 0 Å². The molecule has 4 rings (SSSR count). The highest BCUT2D eigenvalue weighted by atomic mass is 32.2. The van der Waals surface area contributed by atoms with Crippen LogP contribution in [0.25, 0.3) is 24.3 Å². The molecule has 2 nitrogen and oxygen atoms in total. The lowest BCUT2D eigenvalue weighted by atomic mass is 10.1. The van der Waals surface area contributed by atoms with Gasteiger partial charge in [-0.25, -0.2) is 0 Å². The molecule has 1 N–H and O–H groups in total. The summed E-state index contributed by atoms with van der Waals surface area (Å²) in [5, 5.41) is 9.56. The molecule has 0 heterocycles. The summed E-state index contributed by atoms with van der Waals surface area (Å²) in [4.78, 5) is 11.0. The summed E-state index contributed by atoms with van der Waals surface area (Å²) < 4.78 is 0. The van der Waals surface area contributed by atoms with Crippen molar-refractivity contribution in [1.82, 2.24) is 0 Å². The van der Waals surface area contributed by atoms with Crippen molar-refractivity contribution in [2.75, 3.05) is 5.75 Å². The van der Waals surface area contributed by atoms with E-state index in [-0.39, 0.29) is 6.42 Å². The molecule has 4 heteroatoms. The third-order valence-electron chi connectivity index (χ3n) is 7.00. The fourth-order valence-electron chi connectivity index (χ4n) is 4.54. The minimum Gasteiger partial charge on any atom is -0.481 e. The van der Waals surface area contributed by atoms with Gasteiger partial charge in [0.05, 0.1) is 0 Å². The molecule has 42 heavy (non-hydrogen) atoms. The van der Waals surface area contributed by atoms with Gasteiger partial charge in [0, 0.05) is 23.2 Å². The Hall–Kier alpha value is -3.47. The smallest absolute Gasteiger partial charge is 0.303 e. The predicted molar refractivity (Wildman–Crippen MR) is 186 cm³/mol. The van der Waals surface area contributed by atoms with Crippen LogP contribution < -0.4 is 0 Å². The lowest BCUT2D eigenvalue weighted by Crippen LogP contribution is -2.06. The van der Waals surface area contributed by atoms with Crippen molar-refractivity contribution < 1.29 is 9.90 Å². The second-order valence-electron chi connectivity index (χ2n) is 10.4. The van der Waals surface area contributed by atoms with Crippen molar-refractivity contribution >= 4 is 53.8 Å². The van der Waals surface area contributed by atoms with E-state index in [1.165, 1.54) is 33.4 Å². The van der Waals surface area contributed by atoms with Crippen LogP contribution >= 0.6 is 23.5 Å². The average molecular weight is 593 g/mol. The summed E-state index contributed by atoms with van der Waals surface area (Å²) in [6.07, 6.45) is 12.8. The molecule has 1 atom stereocenters. The Morgan fingerprint density at radius 1 is 0.595 bits per heavy atom. The highest BCUT2D eigenvalue weighted by Gasteiger charge is 2.11. The molecule has 0 fully saturated rings. The molecule has 4 aromatic carbocycles. The number of carboxylic acid groups (broad SMARTS) is 1. The van der Waals surface area contributed by atoms with Crippen molar-refractivity contribution in [2.24, 2.45) is 0 Å². The van der Waals surface area contributed by atoms with E-state index in [1.54, 1.807) is 0 Å². The highest BCUT2D eigenvalue weighted by molar-refractivity contribution is 7.99. The normalized spacial score (nSPS) is 12.2. The molecular weight excluding hydrogens is 553 g/mol. The van der Waals surface area contributed by atoms with Crippen LogP contribution in [0.15, 0.2) is 109 Å². The molecule has 0 amide bonds. The van der Waals surface area contributed by atoms with Crippen LogP contribution in [0.1, 0.15) is 65.5 Å². The first-order valence-electron chi connectivity index (χ1n) is 14.7. The predicted octanol–water partition coefficient (Wildman–Crippen LogP) is 10.6. The van der Waals surface area contributed by atoms with Gasteiger partial charge in [-0.2, -0.15) is 23.5 Å². The molecule has 0 aliphatic carbocycles. The fraction of sp³-hybridized carbons (Fsp3) is 0.237. The monoisotopic (exact) mass is 592 g/mol. The zero-order valence-corrected chi connectivity index (χ0v) is 25.7. The van der Waals surface area contributed by atoms with Crippen molar-refractivity contribution in [1.29, 1.82) is 0 Å². The van der Waals surface area contributed by atoms with Gasteiger partial charge in [-0.1, -0.05) is 140 Å². The number of hydrogen-bond acceptors (Lipinski definition) is 3. The number of rotatable bonds is 17. The second kappa shape index (κ2) is 18.1. The molecule has 0 bridgehead atoms. The van der Waals surface area contributed by atoms with Crippen LogP contribution in [0.3, 0.4) is 0 Å². The van der Waals surface area contributed by atoms with Gasteiger partial charge < -0.3 is 5.11 Å². The molecule has 216 valence electrons. The Morgan fingerprint density at radius 3 is 1.57 bits per heavy atom. The van der Waals surface area contributed by atoms with Crippen LogP contribution in [0.5, 0.6) is 0 Å². The number of hydrogen-bond donors (Lipinski definition) is 1. The highest BCUT2D eigenvalue weighted by Crippen LogP contribution is 2.28. The lowest BCUT2D eigenvalue weighted by Gasteiger charge is -2.17. The van der Waals surface area contributed by atoms with Gasteiger partial charge >= 0.3 is 5.97 Å². The van der Waals surface area contributed by atoms with E-state index < -0.39 is 5.97 Å². The van der Waals surface area contributed by atoms with E-state index in [9.17, 15) is 4.79 Å². The Balaban J connectivity index is 1.22. The molecule has 1 unspecified atom stereocenters. The maximum atomic E-state index is 11.0. The van der Waals surface area contributed by atoms with Crippen molar-refractivity contribution in [3.63, 3.8) is 0 Å². The Labute approximate surface area is 260 Å². The minimum atomic E-state index is -0.697. The van der Waals surface area contributed by atoms with Crippen LogP contribution in [-0.2, 0) is 16.3 Å². The first kappa shape index (κ1) is 31.5. The molecular formula is C38H40O2S2. The fourth-order valence-corrected chi connectivity index (χ4v) is 6.95. The second-order valence-corrected chi connectivity index (χ2v) is 12.8. The van der Waals surface area contributed by atoms with Crippen molar-refractivity contribution in [2.45, 2.75) is 48.9 Å². The molecule has 0 radical (unpaired) electrons. The number of carboxylic acids is 1. The molecule has 0 aliphatic rings. The maximum absolute atomic E-state index is 11.0. The molecule has 0 aromatic heterocycles. The summed E-state index contributed by atoms with van der Waals surface area (Å²) in [6.45, 7) is 0. The number of thioether (sulfide) groups is 2. The zero-order valence-electron chi connectivity index (χ0n) is 24.1. The van der Waals surface area contributed by atoms with Crippen LogP contribution in [0.4, 0.5) is 0 Å². The van der Waals surface area contributed by atoms with E-state index >= 15 is 0 Å². The van der Waals surface area contributed by atoms with Gasteiger partial charge in [0.2, 0.25) is 0 Å². The number of unbranched alkanes of at least 4 members (excludes halogenated alkanes) is 1. The molecule has 0 spiro atoms. The topological polar surface area (TPSA) is 37.3 Å². The third-order valence-corrected chi connectivity index (χ3v) is 9.51. The Kier molecular flexibility index (Phi) is 13.6. The van der Waals surface area contributed by atoms with Crippen LogP contribution in [0.2, 0.25) is 0 Å². The molecule has 4 aromatic rings. The largest absolute Gasteiger partial charge is 0.481 e. The van der Waals surface area contributed by atoms with Gasteiger partial charge in [-0.3, -0.25) is 4.79 Å². The van der Waals surface area contributed by atoms with E-state index in [1.807, 2.05) is 35.7 Å². The first-order chi connectivity index (χ1) is 20.6. The summed E-state index contributed by atoms with van der Waals surface area (Å²) >= 11 is 4.00. The summed E-state index contributed by atoms with van der Waals surface area (Å²) in [5.41, 5.74) is 7.51. The van der Waals surface area contributed by atoms with Crippen LogP contribution in [-0.4, -0.2) is 22.1 Å². The Bertz CT molecular complexity index is 1380. The average Bonchev–Trinajstić information content (AvgIpc) is 3.03. The number of carbonyl (C=O) groups is 1. The van der Waals surface area contributed by atoms with Crippen molar-refractivity contribution in [3.05, 3.63) is 143 Å². The molecule has 0 saturated carbocycles. The van der Waals surface area contributed by atoms with E-state index in [0.717, 1.165) is 42.9 Å². The number of aliphatic carboxylic acids is 1. The van der Waals surface area contributed by atoms with Gasteiger partial charge in [-0.05, 0) is 58.4 Å². The lowest BCUT2D eigenvalue weighted by molar-refractivity contribution is -0.137. The summed E-state index contributed by atoms with van der Waals surface area (Å²) in [7, 11) is 0. The van der Waals surface area contributed by atoms with E-state index in [4.69, 9.17) is 5.11 Å². The molecule has 0 saturated heterocycles.